The Morgan fingerprint density at radius 1 is 1.27 bits per heavy atom. The molecule has 0 bridgehead atoms. The van der Waals surface area contributed by atoms with E-state index in [9.17, 15) is 4.79 Å². The fourth-order valence-corrected chi connectivity index (χ4v) is 3.60. The van der Waals surface area contributed by atoms with E-state index in [0.717, 1.165) is 37.1 Å². The number of rotatable bonds is 4. The summed E-state index contributed by atoms with van der Waals surface area (Å²) in [5.74, 6) is 0.699. The Morgan fingerprint density at radius 2 is 1.86 bits per heavy atom. The van der Waals surface area contributed by atoms with Crippen LogP contribution in [0.3, 0.4) is 0 Å². The normalized spacial score (nSPS) is 16.8. The van der Waals surface area contributed by atoms with Crippen LogP contribution < -0.4 is 4.90 Å². The number of allylic oxidation sites excluding steroid dienone is 1. The third-order valence-electron chi connectivity index (χ3n) is 4.94. The Bertz CT molecular complexity index is 579. The molecule has 2 rings (SSSR count). The lowest BCUT2D eigenvalue weighted by Gasteiger charge is -2.32. The van der Waals surface area contributed by atoms with Crippen molar-refractivity contribution in [3.63, 3.8) is 0 Å². The lowest BCUT2D eigenvalue weighted by molar-refractivity contribution is -0.126. The molecule has 0 unspecified atom stereocenters. The Hall–Kier alpha value is -1.57. The van der Waals surface area contributed by atoms with E-state index in [4.69, 9.17) is 0 Å². The molecule has 1 aliphatic carbocycles. The molecule has 22 heavy (non-hydrogen) atoms. The van der Waals surface area contributed by atoms with Crippen molar-refractivity contribution in [3.8, 4) is 0 Å². The monoisotopic (exact) mass is 299 g/mol. The minimum atomic E-state index is -0.233. The van der Waals surface area contributed by atoms with Gasteiger partial charge in [-0.2, -0.15) is 0 Å². The van der Waals surface area contributed by atoms with Crippen molar-refractivity contribution in [1.82, 2.24) is 0 Å². The molecule has 0 radical (unpaired) electrons. The van der Waals surface area contributed by atoms with Gasteiger partial charge in [-0.25, -0.2) is 0 Å². The fourth-order valence-electron chi connectivity index (χ4n) is 3.60. The van der Waals surface area contributed by atoms with E-state index in [1.165, 1.54) is 11.1 Å². The summed E-state index contributed by atoms with van der Waals surface area (Å²) in [4.78, 5) is 14.9. The van der Waals surface area contributed by atoms with Crippen molar-refractivity contribution < 1.29 is 4.79 Å². The molecule has 0 N–H and O–H groups in total. The van der Waals surface area contributed by atoms with Crippen molar-refractivity contribution in [2.24, 2.45) is 5.41 Å². The average Bonchev–Trinajstić information content (AvgIpc) is 2.86. The van der Waals surface area contributed by atoms with Gasteiger partial charge in [-0.1, -0.05) is 46.3 Å². The predicted octanol–water partition coefficient (Wildman–Crippen LogP) is 5.57. The van der Waals surface area contributed by atoms with Gasteiger partial charge in [0.15, 0.2) is 0 Å². The van der Waals surface area contributed by atoms with Crippen molar-refractivity contribution in [1.29, 1.82) is 0 Å². The first-order valence-electron chi connectivity index (χ1n) is 8.37. The topological polar surface area (TPSA) is 20.3 Å². The van der Waals surface area contributed by atoms with E-state index in [0.29, 0.717) is 5.92 Å². The molecular weight excluding hydrogens is 270 g/mol. The Labute approximate surface area is 135 Å². The molecular formula is C20H29NO. The number of carbonyl (C=O) groups is 1. The highest BCUT2D eigenvalue weighted by Gasteiger charge is 2.39. The molecule has 2 heteroatoms. The quantitative estimate of drug-likeness (QED) is 0.712. The standard InChI is InChI=1S/C20H29NO/c1-14(2)18-10-9-17(13-16(18)5)21(15(3)4)19(22)20(6)11-7-8-12-20/h9-10,13-14H,3,7-8,11-12H2,1-2,4-6H3. The zero-order valence-electron chi connectivity index (χ0n) is 14.7. The van der Waals surface area contributed by atoms with Gasteiger partial charge in [0, 0.05) is 16.8 Å². The zero-order chi connectivity index (χ0) is 16.5. The molecule has 1 aromatic carbocycles. The molecule has 0 aliphatic heterocycles. The summed E-state index contributed by atoms with van der Waals surface area (Å²) < 4.78 is 0. The maximum Gasteiger partial charge on any atom is 0.237 e. The smallest absolute Gasteiger partial charge is 0.237 e. The minimum absolute atomic E-state index is 0.203. The molecule has 1 amide bonds. The minimum Gasteiger partial charge on any atom is -0.285 e. The Morgan fingerprint density at radius 3 is 2.32 bits per heavy atom. The molecule has 0 atom stereocenters. The van der Waals surface area contributed by atoms with Crippen LogP contribution in [0, 0.1) is 12.3 Å². The highest BCUT2D eigenvalue weighted by Crippen LogP contribution is 2.41. The van der Waals surface area contributed by atoms with E-state index in [1.54, 1.807) is 0 Å². The van der Waals surface area contributed by atoms with Crippen LogP contribution in [0.5, 0.6) is 0 Å². The Balaban J connectivity index is 2.38. The summed E-state index contributed by atoms with van der Waals surface area (Å²) in [6.07, 6.45) is 4.27. The van der Waals surface area contributed by atoms with Crippen LogP contribution >= 0.6 is 0 Å². The predicted molar refractivity (Wildman–Crippen MR) is 94.1 cm³/mol. The van der Waals surface area contributed by atoms with Gasteiger partial charge in [-0.15, -0.1) is 0 Å². The summed E-state index contributed by atoms with van der Waals surface area (Å²) in [5, 5.41) is 0. The summed E-state index contributed by atoms with van der Waals surface area (Å²) >= 11 is 0. The molecule has 2 nitrogen and oxygen atoms in total. The first-order valence-corrected chi connectivity index (χ1v) is 8.37. The van der Waals surface area contributed by atoms with Crippen LogP contribution in [-0.4, -0.2) is 5.91 Å². The van der Waals surface area contributed by atoms with Crippen LogP contribution in [-0.2, 0) is 4.79 Å². The molecule has 1 aromatic rings. The Kier molecular flexibility index (Phi) is 4.79. The number of carbonyl (C=O) groups excluding carboxylic acids is 1. The number of benzene rings is 1. The van der Waals surface area contributed by atoms with Crippen molar-refractivity contribution in [3.05, 3.63) is 41.6 Å². The van der Waals surface area contributed by atoms with Crippen molar-refractivity contribution in [2.75, 3.05) is 4.90 Å². The molecule has 1 fully saturated rings. The second-order valence-electron chi connectivity index (χ2n) is 7.34. The number of anilines is 1. The van der Waals surface area contributed by atoms with Crippen molar-refractivity contribution >= 4 is 11.6 Å². The van der Waals surface area contributed by atoms with Crippen LogP contribution in [0.2, 0.25) is 0 Å². The van der Waals surface area contributed by atoms with Gasteiger partial charge in [0.25, 0.3) is 0 Å². The van der Waals surface area contributed by atoms with Crippen LogP contribution in [0.4, 0.5) is 5.69 Å². The maximum absolute atomic E-state index is 13.1. The highest BCUT2D eigenvalue weighted by atomic mass is 16.2. The summed E-state index contributed by atoms with van der Waals surface area (Å²) in [6.45, 7) is 14.6. The van der Waals surface area contributed by atoms with E-state index in [-0.39, 0.29) is 11.3 Å². The second-order valence-corrected chi connectivity index (χ2v) is 7.34. The van der Waals surface area contributed by atoms with E-state index in [2.05, 4.69) is 52.5 Å². The zero-order valence-corrected chi connectivity index (χ0v) is 14.7. The number of hydrogen-bond acceptors (Lipinski definition) is 1. The van der Waals surface area contributed by atoms with E-state index < -0.39 is 0 Å². The van der Waals surface area contributed by atoms with Crippen molar-refractivity contribution in [2.45, 2.75) is 66.2 Å². The first-order chi connectivity index (χ1) is 10.3. The van der Waals surface area contributed by atoms with Gasteiger partial charge >= 0.3 is 0 Å². The molecule has 1 saturated carbocycles. The number of nitrogens with zero attached hydrogens (tertiary/aromatic N) is 1. The highest BCUT2D eigenvalue weighted by molar-refractivity contribution is 6.00. The van der Waals surface area contributed by atoms with Gasteiger partial charge < -0.3 is 0 Å². The summed E-state index contributed by atoms with van der Waals surface area (Å²) in [7, 11) is 0. The number of hydrogen-bond donors (Lipinski definition) is 0. The van der Waals surface area contributed by atoms with Crippen LogP contribution in [0.1, 0.15) is 70.4 Å². The lowest BCUT2D eigenvalue weighted by Crippen LogP contribution is -2.40. The average molecular weight is 299 g/mol. The SMILES string of the molecule is C=C(C)N(C(=O)C1(C)CCCC1)c1ccc(C(C)C)c(C)c1. The summed E-state index contributed by atoms with van der Waals surface area (Å²) in [5.41, 5.74) is 4.10. The van der Waals surface area contributed by atoms with Gasteiger partial charge in [-0.05, 0) is 55.9 Å². The maximum atomic E-state index is 13.1. The third-order valence-corrected chi connectivity index (χ3v) is 4.94. The second kappa shape index (κ2) is 6.28. The lowest BCUT2D eigenvalue weighted by atomic mass is 9.86. The van der Waals surface area contributed by atoms with Gasteiger partial charge in [0.05, 0.1) is 0 Å². The molecule has 0 heterocycles. The molecule has 1 aliphatic rings. The molecule has 120 valence electrons. The number of aryl methyl sites for hydroxylation is 1. The van der Waals surface area contributed by atoms with Gasteiger partial charge in [-0.3, -0.25) is 9.69 Å². The number of amides is 1. The fraction of sp³-hybridized carbons (Fsp3) is 0.550. The van der Waals surface area contributed by atoms with E-state index >= 15 is 0 Å². The molecule has 0 spiro atoms. The van der Waals surface area contributed by atoms with Crippen LogP contribution in [0.15, 0.2) is 30.5 Å². The van der Waals surface area contributed by atoms with E-state index in [1.807, 2.05) is 11.8 Å². The van der Waals surface area contributed by atoms with Gasteiger partial charge in [0.2, 0.25) is 5.91 Å². The van der Waals surface area contributed by atoms with Gasteiger partial charge in [0.1, 0.15) is 0 Å². The largest absolute Gasteiger partial charge is 0.285 e. The first kappa shape index (κ1) is 16.8. The third kappa shape index (κ3) is 3.11. The summed E-state index contributed by atoms with van der Waals surface area (Å²) in [6, 6.07) is 6.34. The van der Waals surface area contributed by atoms with Crippen LogP contribution in [0.25, 0.3) is 0 Å². The molecule has 0 aromatic heterocycles. The molecule has 0 saturated heterocycles.